The number of nitrogens with one attached hydrogen (secondary N) is 1. The molecular formula is C19H18N2O2S. The first-order valence-corrected chi connectivity index (χ1v) is 9.19. The summed E-state index contributed by atoms with van der Waals surface area (Å²) in [5.74, 6) is 0. The summed E-state index contributed by atoms with van der Waals surface area (Å²) in [6.07, 6.45) is 4.19. The van der Waals surface area contributed by atoms with Crippen molar-refractivity contribution in [3.8, 4) is 11.1 Å². The molecule has 3 aromatic rings. The van der Waals surface area contributed by atoms with E-state index in [-0.39, 0.29) is 4.90 Å². The Morgan fingerprint density at radius 3 is 2.17 bits per heavy atom. The molecule has 3 rings (SSSR count). The van der Waals surface area contributed by atoms with Crippen LogP contribution in [0.25, 0.3) is 11.1 Å². The van der Waals surface area contributed by atoms with E-state index < -0.39 is 10.0 Å². The van der Waals surface area contributed by atoms with E-state index >= 15 is 0 Å². The fourth-order valence-electron chi connectivity index (χ4n) is 2.50. The highest BCUT2D eigenvalue weighted by atomic mass is 32.2. The van der Waals surface area contributed by atoms with Crippen LogP contribution in [0.15, 0.2) is 78.0 Å². The second-order valence-electron chi connectivity index (χ2n) is 5.38. The van der Waals surface area contributed by atoms with Crippen molar-refractivity contribution in [2.45, 2.75) is 18.2 Å². The van der Waals surface area contributed by atoms with E-state index in [0.29, 0.717) is 5.69 Å². The van der Waals surface area contributed by atoms with E-state index in [1.54, 1.807) is 42.7 Å². The van der Waals surface area contributed by atoms with Crippen LogP contribution in [0.4, 0.5) is 5.69 Å². The van der Waals surface area contributed by atoms with E-state index in [9.17, 15) is 8.42 Å². The molecule has 2 aromatic carbocycles. The van der Waals surface area contributed by atoms with Gasteiger partial charge in [-0.05, 0) is 53.4 Å². The molecule has 1 N–H and O–H groups in total. The van der Waals surface area contributed by atoms with Gasteiger partial charge >= 0.3 is 0 Å². The maximum Gasteiger partial charge on any atom is 0.261 e. The van der Waals surface area contributed by atoms with Crippen molar-refractivity contribution in [2.75, 3.05) is 4.72 Å². The van der Waals surface area contributed by atoms with Crippen molar-refractivity contribution in [1.82, 2.24) is 4.98 Å². The summed E-state index contributed by atoms with van der Waals surface area (Å²) in [6.45, 7) is 2.00. The Kier molecular flexibility index (Phi) is 4.62. The second kappa shape index (κ2) is 6.84. The number of pyridine rings is 1. The van der Waals surface area contributed by atoms with Crippen molar-refractivity contribution in [3.63, 3.8) is 0 Å². The topological polar surface area (TPSA) is 59.1 Å². The van der Waals surface area contributed by atoms with Gasteiger partial charge in [-0.15, -0.1) is 0 Å². The van der Waals surface area contributed by atoms with Gasteiger partial charge in [0.2, 0.25) is 0 Å². The zero-order valence-electron chi connectivity index (χ0n) is 13.3. The van der Waals surface area contributed by atoms with Crippen LogP contribution in [-0.2, 0) is 16.4 Å². The molecule has 0 spiro atoms. The molecule has 0 aliphatic rings. The number of nitrogens with zero attached hydrogens (tertiary/aromatic N) is 1. The van der Waals surface area contributed by atoms with Gasteiger partial charge < -0.3 is 0 Å². The van der Waals surface area contributed by atoms with Crippen molar-refractivity contribution < 1.29 is 8.42 Å². The lowest BCUT2D eigenvalue weighted by Crippen LogP contribution is -2.14. The third kappa shape index (κ3) is 3.46. The molecule has 0 atom stereocenters. The Morgan fingerprint density at radius 1 is 0.875 bits per heavy atom. The minimum atomic E-state index is -3.61. The molecule has 0 saturated heterocycles. The van der Waals surface area contributed by atoms with E-state index in [1.165, 1.54) is 0 Å². The number of anilines is 1. The predicted octanol–water partition coefficient (Wildman–Crippen LogP) is 4.11. The molecule has 0 saturated carbocycles. The molecule has 1 aromatic heterocycles. The van der Waals surface area contributed by atoms with Crippen molar-refractivity contribution in [3.05, 3.63) is 78.6 Å². The highest BCUT2D eigenvalue weighted by molar-refractivity contribution is 7.92. The third-order valence-electron chi connectivity index (χ3n) is 3.82. The lowest BCUT2D eigenvalue weighted by molar-refractivity contribution is 0.601. The van der Waals surface area contributed by atoms with Gasteiger partial charge in [0.25, 0.3) is 10.0 Å². The normalized spacial score (nSPS) is 11.2. The van der Waals surface area contributed by atoms with Crippen LogP contribution in [0.2, 0.25) is 0 Å². The number of rotatable bonds is 5. The first-order chi connectivity index (χ1) is 11.6. The lowest BCUT2D eigenvalue weighted by atomic mass is 10.1. The maximum absolute atomic E-state index is 12.6. The number of aryl methyl sites for hydroxylation is 1. The largest absolute Gasteiger partial charge is 0.279 e. The zero-order chi connectivity index (χ0) is 17.0. The summed E-state index contributed by atoms with van der Waals surface area (Å²) < 4.78 is 27.9. The summed E-state index contributed by atoms with van der Waals surface area (Å²) in [5.41, 5.74) is 3.54. The van der Waals surface area contributed by atoms with E-state index in [2.05, 4.69) is 9.71 Å². The summed E-state index contributed by atoms with van der Waals surface area (Å²) in [5, 5.41) is 0. The van der Waals surface area contributed by atoms with Gasteiger partial charge in [0, 0.05) is 12.4 Å². The minimum absolute atomic E-state index is 0.242. The van der Waals surface area contributed by atoms with Gasteiger partial charge in [-0.3, -0.25) is 9.71 Å². The fourth-order valence-corrected chi connectivity index (χ4v) is 3.60. The predicted molar refractivity (Wildman–Crippen MR) is 96.3 cm³/mol. The first kappa shape index (κ1) is 16.2. The van der Waals surface area contributed by atoms with Crippen LogP contribution < -0.4 is 4.72 Å². The average Bonchev–Trinajstić information content (AvgIpc) is 2.63. The maximum atomic E-state index is 12.6. The summed E-state index contributed by atoms with van der Waals surface area (Å²) >= 11 is 0. The molecule has 0 amide bonds. The van der Waals surface area contributed by atoms with Crippen LogP contribution >= 0.6 is 0 Å². The van der Waals surface area contributed by atoms with E-state index in [0.717, 1.165) is 23.1 Å². The number of sulfonamides is 1. The molecule has 0 aliphatic carbocycles. The quantitative estimate of drug-likeness (QED) is 0.761. The molecule has 0 unspecified atom stereocenters. The van der Waals surface area contributed by atoms with Crippen LogP contribution in [0.1, 0.15) is 12.5 Å². The Balaban J connectivity index is 1.88. The van der Waals surface area contributed by atoms with Crippen LogP contribution in [0, 0.1) is 0 Å². The van der Waals surface area contributed by atoms with Gasteiger partial charge in [0.15, 0.2) is 0 Å². The van der Waals surface area contributed by atoms with Gasteiger partial charge in [0.05, 0.1) is 10.6 Å². The zero-order valence-corrected chi connectivity index (χ0v) is 14.1. The Bertz CT molecular complexity index is 921. The van der Waals surface area contributed by atoms with Gasteiger partial charge in [-0.1, -0.05) is 37.3 Å². The number of para-hydroxylation sites is 1. The SMILES string of the molecule is CCc1ccccc1NS(=O)(=O)c1ccc(-c2ccncc2)cc1. The first-order valence-electron chi connectivity index (χ1n) is 7.71. The van der Waals surface area contributed by atoms with Crippen LogP contribution in [-0.4, -0.2) is 13.4 Å². The molecule has 5 heteroatoms. The molecule has 0 radical (unpaired) electrons. The van der Waals surface area contributed by atoms with Crippen molar-refractivity contribution >= 4 is 15.7 Å². The molecular weight excluding hydrogens is 320 g/mol. The lowest BCUT2D eigenvalue weighted by Gasteiger charge is -2.12. The Hall–Kier alpha value is -2.66. The van der Waals surface area contributed by atoms with Gasteiger partial charge in [0.1, 0.15) is 0 Å². The van der Waals surface area contributed by atoms with Gasteiger partial charge in [-0.25, -0.2) is 8.42 Å². The number of hydrogen-bond acceptors (Lipinski definition) is 3. The number of aromatic nitrogens is 1. The highest BCUT2D eigenvalue weighted by Crippen LogP contribution is 2.23. The third-order valence-corrected chi connectivity index (χ3v) is 5.20. The monoisotopic (exact) mass is 338 g/mol. The van der Waals surface area contributed by atoms with Crippen LogP contribution in [0.5, 0.6) is 0 Å². The fraction of sp³-hybridized carbons (Fsp3) is 0.105. The highest BCUT2D eigenvalue weighted by Gasteiger charge is 2.15. The van der Waals surface area contributed by atoms with Crippen LogP contribution in [0.3, 0.4) is 0 Å². The molecule has 0 fully saturated rings. The smallest absolute Gasteiger partial charge is 0.261 e. The molecule has 1 heterocycles. The molecule has 24 heavy (non-hydrogen) atoms. The van der Waals surface area contributed by atoms with Crippen molar-refractivity contribution in [2.24, 2.45) is 0 Å². The van der Waals surface area contributed by atoms with E-state index in [1.807, 2.05) is 37.3 Å². The second-order valence-corrected chi connectivity index (χ2v) is 7.06. The molecule has 4 nitrogen and oxygen atoms in total. The number of benzene rings is 2. The summed E-state index contributed by atoms with van der Waals surface area (Å²) in [6, 6.07) is 18.0. The van der Waals surface area contributed by atoms with Crippen molar-refractivity contribution in [1.29, 1.82) is 0 Å². The van der Waals surface area contributed by atoms with E-state index in [4.69, 9.17) is 0 Å². The number of hydrogen-bond donors (Lipinski definition) is 1. The molecule has 0 bridgehead atoms. The Morgan fingerprint density at radius 2 is 1.50 bits per heavy atom. The minimum Gasteiger partial charge on any atom is -0.279 e. The molecule has 122 valence electrons. The molecule has 0 aliphatic heterocycles. The summed E-state index contributed by atoms with van der Waals surface area (Å²) in [7, 11) is -3.61. The van der Waals surface area contributed by atoms with Gasteiger partial charge in [-0.2, -0.15) is 0 Å². The average molecular weight is 338 g/mol. The Labute approximate surface area is 142 Å². The summed E-state index contributed by atoms with van der Waals surface area (Å²) in [4.78, 5) is 4.23. The standard InChI is InChI=1S/C19H18N2O2S/c1-2-15-5-3-4-6-19(15)21-24(22,23)18-9-7-16(8-10-18)17-11-13-20-14-12-17/h3-14,21H,2H2,1H3.